The Morgan fingerprint density at radius 2 is 2.44 bits per heavy atom. The Kier molecular flexibility index (Phi) is 6.27. The van der Waals surface area contributed by atoms with E-state index in [-0.39, 0.29) is 6.61 Å². The lowest BCUT2D eigenvalue weighted by molar-refractivity contribution is 0.127. The summed E-state index contributed by atoms with van der Waals surface area (Å²) in [6.45, 7) is 2.97. The summed E-state index contributed by atoms with van der Waals surface area (Å²) in [5, 5.41) is 9.64. The van der Waals surface area contributed by atoms with Gasteiger partial charge in [0.15, 0.2) is 5.13 Å². The number of nitrogens with zero attached hydrogens (tertiary/aromatic N) is 2. The van der Waals surface area contributed by atoms with Crippen molar-refractivity contribution in [3.8, 4) is 0 Å². The zero-order valence-electron chi connectivity index (χ0n) is 9.35. The highest BCUT2D eigenvalue weighted by Crippen LogP contribution is 2.18. The van der Waals surface area contributed by atoms with Crippen LogP contribution in [0.4, 0.5) is 5.13 Å². The van der Waals surface area contributed by atoms with Gasteiger partial charge < -0.3 is 9.84 Å². The molecule has 1 aromatic heterocycles. The van der Waals surface area contributed by atoms with E-state index in [9.17, 15) is 0 Å². The first-order chi connectivity index (χ1) is 7.80. The Balaban J connectivity index is 2.46. The summed E-state index contributed by atoms with van der Waals surface area (Å²) >= 11 is 1.51. The van der Waals surface area contributed by atoms with Crippen LogP contribution in [0.25, 0.3) is 0 Å². The predicted molar refractivity (Wildman–Crippen MR) is 64.2 cm³/mol. The van der Waals surface area contributed by atoms with Gasteiger partial charge in [-0.3, -0.25) is 10.3 Å². The minimum absolute atomic E-state index is 0.143. The maximum atomic E-state index is 8.94. The number of hydrogen-bond donors (Lipinski definition) is 3. The standard InChI is InChI=1S/C9H18N4O2S/c1-15-5-3-13(2-4-14)7-8-6-11-9(12-10)16-8/h6,14H,2-5,7,10H2,1H3,(H,11,12). The zero-order chi connectivity index (χ0) is 11.8. The Morgan fingerprint density at radius 3 is 3.00 bits per heavy atom. The van der Waals surface area contributed by atoms with Gasteiger partial charge in [0.1, 0.15) is 0 Å². The van der Waals surface area contributed by atoms with Crippen LogP contribution in [0, 0.1) is 0 Å². The van der Waals surface area contributed by atoms with Crippen LogP contribution in [-0.4, -0.2) is 48.4 Å². The minimum atomic E-state index is 0.143. The summed E-state index contributed by atoms with van der Waals surface area (Å²) in [7, 11) is 1.67. The zero-order valence-corrected chi connectivity index (χ0v) is 10.2. The lowest BCUT2D eigenvalue weighted by Crippen LogP contribution is -2.29. The largest absolute Gasteiger partial charge is 0.395 e. The fraction of sp³-hybridized carbons (Fsp3) is 0.667. The third kappa shape index (κ3) is 4.42. The molecule has 0 saturated carbocycles. The van der Waals surface area contributed by atoms with Crippen molar-refractivity contribution in [2.24, 2.45) is 5.84 Å². The number of anilines is 1. The molecule has 0 amide bonds. The smallest absolute Gasteiger partial charge is 0.197 e. The summed E-state index contributed by atoms with van der Waals surface area (Å²) in [4.78, 5) is 7.31. The molecule has 0 aliphatic heterocycles. The molecule has 1 rings (SSSR count). The number of aliphatic hydroxyl groups is 1. The number of aliphatic hydroxyl groups excluding tert-OH is 1. The first-order valence-corrected chi connectivity index (χ1v) is 5.85. The van der Waals surface area contributed by atoms with E-state index in [1.54, 1.807) is 13.3 Å². The first-order valence-electron chi connectivity index (χ1n) is 5.03. The highest BCUT2D eigenvalue weighted by atomic mass is 32.1. The Bertz CT molecular complexity index is 295. The van der Waals surface area contributed by atoms with Crippen LogP contribution in [-0.2, 0) is 11.3 Å². The molecule has 0 saturated heterocycles. The topological polar surface area (TPSA) is 83.6 Å². The summed E-state index contributed by atoms with van der Waals surface area (Å²) in [6.07, 6.45) is 1.79. The van der Waals surface area contributed by atoms with Gasteiger partial charge in [-0.2, -0.15) is 0 Å². The number of rotatable bonds is 8. The van der Waals surface area contributed by atoms with Crippen molar-refractivity contribution in [2.45, 2.75) is 6.54 Å². The molecule has 0 fully saturated rings. The molecule has 92 valence electrons. The number of thiazole rings is 1. The van der Waals surface area contributed by atoms with E-state index in [1.165, 1.54) is 11.3 Å². The molecular weight excluding hydrogens is 228 g/mol. The molecular formula is C9H18N4O2S. The van der Waals surface area contributed by atoms with E-state index in [0.29, 0.717) is 18.3 Å². The van der Waals surface area contributed by atoms with Gasteiger partial charge in [-0.15, -0.1) is 0 Å². The summed E-state index contributed by atoms with van der Waals surface area (Å²) < 4.78 is 5.01. The van der Waals surface area contributed by atoms with Crippen molar-refractivity contribution in [1.29, 1.82) is 0 Å². The molecule has 16 heavy (non-hydrogen) atoms. The van der Waals surface area contributed by atoms with Crippen molar-refractivity contribution in [3.63, 3.8) is 0 Å². The van der Waals surface area contributed by atoms with Crippen molar-refractivity contribution in [3.05, 3.63) is 11.1 Å². The number of nitrogen functional groups attached to an aromatic ring is 1. The van der Waals surface area contributed by atoms with Crippen LogP contribution in [0.1, 0.15) is 4.88 Å². The highest BCUT2D eigenvalue weighted by molar-refractivity contribution is 7.15. The molecule has 4 N–H and O–H groups in total. The van der Waals surface area contributed by atoms with Crippen LogP contribution in [0.15, 0.2) is 6.20 Å². The lowest BCUT2D eigenvalue weighted by Gasteiger charge is -2.19. The van der Waals surface area contributed by atoms with Gasteiger partial charge in [0, 0.05) is 37.8 Å². The second kappa shape index (κ2) is 7.53. The van der Waals surface area contributed by atoms with E-state index < -0.39 is 0 Å². The third-order valence-electron chi connectivity index (χ3n) is 2.08. The number of aromatic nitrogens is 1. The van der Waals surface area contributed by atoms with Crippen LogP contribution in [0.3, 0.4) is 0 Å². The SMILES string of the molecule is COCCN(CCO)Cc1cnc(NN)s1. The predicted octanol–water partition coefficient (Wildman–Crippen LogP) is -0.131. The van der Waals surface area contributed by atoms with Gasteiger partial charge in [0.05, 0.1) is 13.2 Å². The average molecular weight is 246 g/mol. The van der Waals surface area contributed by atoms with E-state index >= 15 is 0 Å². The molecule has 0 spiro atoms. The van der Waals surface area contributed by atoms with E-state index in [0.717, 1.165) is 18.0 Å². The average Bonchev–Trinajstić information content (AvgIpc) is 2.74. The van der Waals surface area contributed by atoms with Crippen molar-refractivity contribution >= 4 is 16.5 Å². The third-order valence-corrected chi connectivity index (χ3v) is 3.00. The first kappa shape index (κ1) is 13.3. The van der Waals surface area contributed by atoms with Crippen LogP contribution in [0.2, 0.25) is 0 Å². The Hall–Kier alpha value is -0.730. The van der Waals surface area contributed by atoms with Crippen molar-refractivity contribution in [2.75, 3.05) is 38.8 Å². The van der Waals surface area contributed by atoms with Crippen molar-refractivity contribution in [1.82, 2.24) is 9.88 Å². The highest BCUT2D eigenvalue weighted by Gasteiger charge is 2.07. The number of hydrazine groups is 1. The summed E-state index contributed by atoms with van der Waals surface area (Å²) in [5.74, 6) is 5.26. The molecule has 0 aliphatic carbocycles. The molecule has 0 unspecified atom stereocenters. The van der Waals surface area contributed by atoms with Gasteiger partial charge >= 0.3 is 0 Å². The lowest BCUT2D eigenvalue weighted by atomic mass is 10.4. The summed E-state index contributed by atoms with van der Waals surface area (Å²) in [5.41, 5.74) is 2.51. The maximum absolute atomic E-state index is 8.94. The monoisotopic (exact) mass is 246 g/mol. The molecule has 0 bridgehead atoms. The second-order valence-corrected chi connectivity index (χ2v) is 4.38. The van der Waals surface area contributed by atoms with Crippen LogP contribution in [0.5, 0.6) is 0 Å². The fourth-order valence-electron chi connectivity index (χ4n) is 1.30. The van der Waals surface area contributed by atoms with E-state index in [1.807, 2.05) is 0 Å². The second-order valence-electron chi connectivity index (χ2n) is 3.27. The number of methoxy groups -OCH3 is 1. The molecule has 0 aromatic carbocycles. The van der Waals surface area contributed by atoms with Crippen LogP contribution < -0.4 is 11.3 Å². The number of nitrogens with two attached hydrogens (primary N) is 1. The van der Waals surface area contributed by atoms with Crippen LogP contribution >= 0.6 is 11.3 Å². The number of ether oxygens (including phenoxy) is 1. The molecule has 1 aromatic rings. The molecule has 6 nitrogen and oxygen atoms in total. The van der Waals surface area contributed by atoms with E-state index in [2.05, 4.69) is 15.3 Å². The maximum Gasteiger partial charge on any atom is 0.197 e. The molecule has 0 radical (unpaired) electrons. The van der Waals surface area contributed by atoms with Gasteiger partial charge in [0.2, 0.25) is 0 Å². The van der Waals surface area contributed by atoms with E-state index in [4.69, 9.17) is 15.7 Å². The normalized spacial score (nSPS) is 11.0. The number of nitrogens with one attached hydrogen (secondary N) is 1. The molecule has 7 heteroatoms. The Morgan fingerprint density at radius 1 is 1.62 bits per heavy atom. The minimum Gasteiger partial charge on any atom is -0.395 e. The molecule has 0 aliphatic rings. The van der Waals surface area contributed by atoms with Crippen molar-refractivity contribution < 1.29 is 9.84 Å². The van der Waals surface area contributed by atoms with Gasteiger partial charge in [0.25, 0.3) is 0 Å². The molecule has 0 atom stereocenters. The van der Waals surface area contributed by atoms with Gasteiger partial charge in [-0.1, -0.05) is 11.3 Å². The Labute approximate surface area is 99.0 Å². The van der Waals surface area contributed by atoms with Gasteiger partial charge in [-0.25, -0.2) is 10.8 Å². The number of hydrogen-bond acceptors (Lipinski definition) is 7. The molecule has 1 heterocycles. The fourth-order valence-corrected chi connectivity index (χ4v) is 2.06. The van der Waals surface area contributed by atoms with Gasteiger partial charge in [-0.05, 0) is 0 Å². The summed E-state index contributed by atoms with van der Waals surface area (Å²) in [6, 6.07) is 0. The quantitative estimate of drug-likeness (QED) is 0.438.